The largest absolute Gasteiger partial charge is 0.477 e. The van der Waals surface area contributed by atoms with E-state index in [2.05, 4.69) is 15.3 Å². The Morgan fingerprint density at radius 1 is 1.22 bits per heavy atom. The number of nitrogens with zero attached hydrogens (tertiary/aromatic N) is 2. The minimum absolute atomic E-state index is 0.282. The normalized spacial score (nSPS) is 10.3. The van der Waals surface area contributed by atoms with E-state index < -0.39 is 0 Å². The summed E-state index contributed by atoms with van der Waals surface area (Å²) in [5.74, 6) is 0.0443. The Morgan fingerprint density at radius 2 is 2.04 bits per heavy atom. The maximum Gasteiger partial charge on any atom is 0.262 e. The molecule has 0 spiro atoms. The van der Waals surface area contributed by atoms with Crippen molar-refractivity contribution in [1.82, 2.24) is 9.97 Å². The number of carbonyl (C=O) groups excluding carboxylic acids is 1. The van der Waals surface area contributed by atoms with E-state index in [0.29, 0.717) is 23.2 Å². The van der Waals surface area contributed by atoms with E-state index in [4.69, 9.17) is 4.74 Å². The number of rotatable bonds is 5. The fourth-order valence-electron chi connectivity index (χ4n) is 2.05. The number of amides is 1. The number of ether oxygens (including phenoxy) is 1. The van der Waals surface area contributed by atoms with Gasteiger partial charge in [-0.2, -0.15) is 0 Å². The molecule has 1 amide bonds. The molecule has 3 aromatic rings. The quantitative estimate of drug-likeness (QED) is 0.774. The number of aromatic nitrogens is 2. The molecule has 0 saturated heterocycles. The first-order valence-electron chi connectivity index (χ1n) is 7.18. The van der Waals surface area contributed by atoms with Crippen molar-refractivity contribution in [3.05, 3.63) is 59.6 Å². The summed E-state index contributed by atoms with van der Waals surface area (Å²) in [7, 11) is 0. The molecule has 2 heterocycles. The van der Waals surface area contributed by atoms with Crippen LogP contribution in [0.2, 0.25) is 0 Å². The third-order valence-electron chi connectivity index (χ3n) is 3.09. The van der Waals surface area contributed by atoms with Crippen LogP contribution in [0, 0.1) is 0 Å². The van der Waals surface area contributed by atoms with Crippen molar-refractivity contribution in [2.75, 3.05) is 11.9 Å². The number of nitrogens with one attached hydrogen (secondary N) is 1. The average molecular weight is 325 g/mol. The molecule has 5 nitrogen and oxygen atoms in total. The number of benzene rings is 1. The highest BCUT2D eigenvalue weighted by Crippen LogP contribution is 2.25. The maximum absolute atomic E-state index is 12.4. The van der Waals surface area contributed by atoms with Gasteiger partial charge < -0.3 is 4.74 Å². The Hall–Kier alpha value is -2.73. The van der Waals surface area contributed by atoms with Crippen LogP contribution in [0.15, 0.2) is 54.0 Å². The molecule has 2 aromatic heterocycles. The minimum Gasteiger partial charge on any atom is -0.477 e. The molecular weight excluding hydrogens is 310 g/mol. The van der Waals surface area contributed by atoms with Gasteiger partial charge in [0, 0.05) is 17.1 Å². The summed E-state index contributed by atoms with van der Waals surface area (Å²) in [6.45, 7) is 2.30. The summed E-state index contributed by atoms with van der Waals surface area (Å²) >= 11 is 1.38. The third kappa shape index (κ3) is 3.54. The van der Waals surface area contributed by atoms with E-state index in [1.165, 1.54) is 11.3 Å². The molecule has 0 unspecified atom stereocenters. The zero-order valence-electron chi connectivity index (χ0n) is 12.5. The molecule has 0 radical (unpaired) electrons. The second kappa shape index (κ2) is 7.02. The second-order valence-electron chi connectivity index (χ2n) is 4.65. The zero-order chi connectivity index (χ0) is 16.1. The van der Waals surface area contributed by atoms with Crippen molar-refractivity contribution >= 4 is 22.4 Å². The van der Waals surface area contributed by atoms with Crippen LogP contribution in [0.25, 0.3) is 11.3 Å². The van der Waals surface area contributed by atoms with Crippen LogP contribution in [-0.4, -0.2) is 22.5 Å². The smallest absolute Gasteiger partial charge is 0.262 e. The van der Waals surface area contributed by atoms with Gasteiger partial charge in [0.2, 0.25) is 5.88 Å². The van der Waals surface area contributed by atoms with Crippen LogP contribution < -0.4 is 10.1 Å². The lowest BCUT2D eigenvalue weighted by molar-refractivity contribution is 0.102. The molecule has 0 fully saturated rings. The second-order valence-corrected chi connectivity index (χ2v) is 5.51. The molecule has 23 heavy (non-hydrogen) atoms. The highest BCUT2D eigenvalue weighted by Gasteiger charge is 2.15. The summed E-state index contributed by atoms with van der Waals surface area (Å²) in [4.78, 5) is 20.9. The molecule has 116 valence electrons. The standard InChI is InChI=1S/C17H15N3O2S/c1-2-22-16-13(9-6-10-18-16)15(21)20-17-19-14(11-23-17)12-7-4-3-5-8-12/h3-11H,2H2,1H3,(H,19,20,21). The van der Waals surface area contributed by atoms with Crippen LogP contribution in [0.1, 0.15) is 17.3 Å². The lowest BCUT2D eigenvalue weighted by Gasteiger charge is -2.07. The van der Waals surface area contributed by atoms with E-state index in [1.54, 1.807) is 18.3 Å². The Labute approximate surface area is 138 Å². The van der Waals surface area contributed by atoms with Gasteiger partial charge >= 0.3 is 0 Å². The molecule has 0 aliphatic heterocycles. The summed E-state index contributed by atoms with van der Waals surface area (Å²) in [6.07, 6.45) is 1.60. The van der Waals surface area contributed by atoms with Gasteiger partial charge in [0.1, 0.15) is 5.56 Å². The Morgan fingerprint density at radius 3 is 2.83 bits per heavy atom. The van der Waals surface area contributed by atoms with E-state index in [-0.39, 0.29) is 5.91 Å². The van der Waals surface area contributed by atoms with Gasteiger partial charge in [-0.05, 0) is 19.1 Å². The van der Waals surface area contributed by atoms with Gasteiger partial charge in [-0.1, -0.05) is 30.3 Å². The van der Waals surface area contributed by atoms with Gasteiger partial charge in [0.15, 0.2) is 5.13 Å². The summed E-state index contributed by atoms with van der Waals surface area (Å²) in [5, 5.41) is 5.25. The predicted molar refractivity (Wildman–Crippen MR) is 90.9 cm³/mol. The summed E-state index contributed by atoms with van der Waals surface area (Å²) in [6, 6.07) is 13.2. The highest BCUT2D eigenvalue weighted by molar-refractivity contribution is 7.14. The number of thiazole rings is 1. The van der Waals surface area contributed by atoms with Crippen LogP contribution in [-0.2, 0) is 0 Å². The van der Waals surface area contributed by atoms with Gasteiger partial charge in [0.05, 0.1) is 12.3 Å². The number of anilines is 1. The lowest BCUT2D eigenvalue weighted by atomic mass is 10.2. The van der Waals surface area contributed by atoms with Gasteiger partial charge in [-0.15, -0.1) is 11.3 Å². The van der Waals surface area contributed by atoms with Crippen molar-refractivity contribution in [3.63, 3.8) is 0 Å². The Bertz CT molecular complexity index is 802. The molecule has 0 bridgehead atoms. The molecule has 1 aromatic carbocycles. The third-order valence-corrected chi connectivity index (χ3v) is 3.85. The van der Waals surface area contributed by atoms with Gasteiger partial charge in [-0.25, -0.2) is 9.97 Å². The number of hydrogen-bond acceptors (Lipinski definition) is 5. The van der Waals surface area contributed by atoms with Gasteiger partial charge in [-0.3, -0.25) is 10.1 Å². The Balaban J connectivity index is 1.78. The fourth-order valence-corrected chi connectivity index (χ4v) is 2.77. The van der Waals surface area contributed by atoms with Crippen molar-refractivity contribution < 1.29 is 9.53 Å². The molecule has 0 aliphatic carbocycles. The first-order valence-corrected chi connectivity index (χ1v) is 8.06. The molecule has 6 heteroatoms. The number of carbonyl (C=O) groups is 1. The van der Waals surface area contributed by atoms with Crippen molar-refractivity contribution in [2.45, 2.75) is 6.92 Å². The monoisotopic (exact) mass is 325 g/mol. The summed E-state index contributed by atoms with van der Waals surface area (Å²) < 4.78 is 5.38. The van der Waals surface area contributed by atoms with Crippen LogP contribution >= 0.6 is 11.3 Å². The molecule has 0 atom stereocenters. The number of pyridine rings is 1. The van der Waals surface area contributed by atoms with Crippen LogP contribution in [0.4, 0.5) is 5.13 Å². The zero-order valence-corrected chi connectivity index (χ0v) is 13.3. The van der Waals surface area contributed by atoms with E-state index in [9.17, 15) is 4.79 Å². The first kappa shape index (κ1) is 15.2. The molecule has 0 saturated carbocycles. The van der Waals surface area contributed by atoms with Gasteiger partial charge in [0.25, 0.3) is 5.91 Å². The SMILES string of the molecule is CCOc1ncccc1C(=O)Nc1nc(-c2ccccc2)cs1. The predicted octanol–water partition coefficient (Wildman–Crippen LogP) is 3.86. The van der Waals surface area contributed by atoms with E-state index in [1.807, 2.05) is 42.6 Å². The maximum atomic E-state index is 12.4. The first-order chi connectivity index (χ1) is 11.3. The van der Waals surface area contributed by atoms with Crippen molar-refractivity contribution in [2.24, 2.45) is 0 Å². The van der Waals surface area contributed by atoms with Crippen LogP contribution in [0.3, 0.4) is 0 Å². The number of hydrogen-bond donors (Lipinski definition) is 1. The molecule has 1 N–H and O–H groups in total. The van der Waals surface area contributed by atoms with Crippen LogP contribution in [0.5, 0.6) is 5.88 Å². The highest BCUT2D eigenvalue weighted by atomic mass is 32.1. The van der Waals surface area contributed by atoms with E-state index >= 15 is 0 Å². The summed E-state index contributed by atoms with van der Waals surface area (Å²) in [5.41, 5.74) is 2.24. The topological polar surface area (TPSA) is 64.1 Å². The molecule has 0 aliphatic rings. The Kier molecular flexibility index (Phi) is 4.63. The molecule has 3 rings (SSSR count). The fraction of sp³-hybridized carbons (Fsp3) is 0.118. The average Bonchev–Trinajstić information content (AvgIpc) is 3.05. The van der Waals surface area contributed by atoms with E-state index in [0.717, 1.165) is 11.3 Å². The molecular formula is C17H15N3O2S. The lowest BCUT2D eigenvalue weighted by Crippen LogP contribution is -2.14. The minimum atomic E-state index is -0.282. The van der Waals surface area contributed by atoms with Crippen molar-refractivity contribution in [1.29, 1.82) is 0 Å². The van der Waals surface area contributed by atoms with Crippen molar-refractivity contribution in [3.8, 4) is 17.1 Å².